The molecule has 2 rings (SSSR count). The minimum absolute atomic E-state index is 0.184. The van der Waals surface area contributed by atoms with Crippen molar-refractivity contribution in [3.05, 3.63) is 29.1 Å². The molecular weight excluding hydrogens is 233 g/mol. The number of hydrogen-bond donors (Lipinski definition) is 1. The molecule has 98 valence electrons. The van der Waals surface area contributed by atoms with Crippen LogP contribution in [0.25, 0.3) is 0 Å². The summed E-state index contributed by atoms with van der Waals surface area (Å²) in [6, 6.07) is 2.64. The van der Waals surface area contributed by atoms with Crippen LogP contribution in [-0.4, -0.2) is 12.6 Å². The molecule has 0 saturated heterocycles. The molecule has 18 heavy (non-hydrogen) atoms. The summed E-state index contributed by atoms with van der Waals surface area (Å²) in [5.41, 5.74) is 6.44. The van der Waals surface area contributed by atoms with E-state index in [2.05, 4.69) is 0 Å². The SMILES string of the molecule is Cc1c(N)cc(C(=O)OCCC2CCC2)cc1F. The first-order valence-corrected chi connectivity index (χ1v) is 6.30. The molecule has 0 spiro atoms. The van der Waals surface area contributed by atoms with Crippen molar-refractivity contribution in [3.63, 3.8) is 0 Å². The van der Waals surface area contributed by atoms with Gasteiger partial charge in [0.15, 0.2) is 0 Å². The Kier molecular flexibility index (Phi) is 3.84. The van der Waals surface area contributed by atoms with Crippen LogP contribution in [0.15, 0.2) is 12.1 Å². The van der Waals surface area contributed by atoms with Gasteiger partial charge in [-0.15, -0.1) is 0 Å². The zero-order valence-corrected chi connectivity index (χ0v) is 10.5. The molecule has 3 nitrogen and oxygen atoms in total. The molecule has 0 atom stereocenters. The quantitative estimate of drug-likeness (QED) is 0.661. The fraction of sp³-hybridized carbons (Fsp3) is 0.500. The lowest BCUT2D eigenvalue weighted by molar-refractivity contribution is 0.0464. The minimum atomic E-state index is -0.500. The van der Waals surface area contributed by atoms with E-state index in [0.29, 0.717) is 18.1 Å². The van der Waals surface area contributed by atoms with Gasteiger partial charge in [-0.2, -0.15) is 0 Å². The first-order chi connectivity index (χ1) is 8.58. The fourth-order valence-corrected chi connectivity index (χ4v) is 2.00. The highest BCUT2D eigenvalue weighted by Crippen LogP contribution is 2.29. The monoisotopic (exact) mass is 251 g/mol. The van der Waals surface area contributed by atoms with Crippen molar-refractivity contribution in [2.24, 2.45) is 5.92 Å². The maximum Gasteiger partial charge on any atom is 0.338 e. The maximum absolute atomic E-state index is 13.4. The minimum Gasteiger partial charge on any atom is -0.462 e. The van der Waals surface area contributed by atoms with Gasteiger partial charge in [0.2, 0.25) is 0 Å². The zero-order chi connectivity index (χ0) is 13.1. The molecule has 0 heterocycles. The zero-order valence-electron chi connectivity index (χ0n) is 10.5. The van der Waals surface area contributed by atoms with Gasteiger partial charge in [-0.3, -0.25) is 0 Å². The summed E-state index contributed by atoms with van der Waals surface area (Å²) in [6.07, 6.45) is 4.63. The number of carbonyl (C=O) groups excluding carboxylic acids is 1. The van der Waals surface area contributed by atoms with Gasteiger partial charge in [0.1, 0.15) is 5.82 Å². The van der Waals surface area contributed by atoms with E-state index in [-0.39, 0.29) is 11.3 Å². The Labute approximate surface area is 106 Å². The van der Waals surface area contributed by atoms with Crippen molar-refractivity contribution in [1.82, 2.24) is 0 Å². The maximum atomic E-state index is 13.4. The molecule has 0 unspecified atom stereocenters. The third-order valence-electron chi connectivity index (χ3n) is 3.60. The Morgan fingerprint density at radius 3 is 2.78 bits per heavy atom. The Hall–Kier alpha value is -1.58. The number of nitrogen functional groups attached to an aromatic ring is 1. The Balaban J connectivity index is 1.91. The second kappa shape index (κ2) is 5.38. The highest BCUT2D eigenvalue weighted by atomic mass is 19.1. The van der Waals surface area contributed by atoms with Crippen molar-refractivity contribution >= 4 is 11.7 Å². The van der Waals surface area contributed by atoms with E-state index in [0.717, 1.165) is 6.42 Å². The van der Waals surface area contributed by atoms with Crippen LogP contribution < -0.4 is 5.73 Å². The molecule has 0 radical (unpaired) electrons. The summed E-state index contributed by atoms with van der Waals surface area (Å²) in [5.74, 6) is -0.279. The largest absolute Gasteiger partial charge is 0.462 e. The molecule has 0 aliphatic heterocycles. The summed E-state index contributed by atoms with van der Waals surface area (Å²) >= 11 is 0. The second-order valence-corrected chi connectivity index (χ2v) is 4.89. The lowest BCUT2D eigenvalue weighted by Gasteiger charge is -2.24. The summed E-state index contributed by atoms with van der Waals surface area (Å²) in [7, 11) is 0. The number of ether oxygens (including phenoxy) is 1. The number of nitrogens with two attached hydrogens (primary N) is 1. The molecule has 4 heteroatoms. The van der Waals surface area contributed by atoms with Gasteiger partial charge in [0, 0.05) is 11.3 Å². The molecule has 2 N–H and O–H groups in total. The van der Waals surface area contributed by atoms with Crippen molar-refractivity contribution in [2.75, 3.05) is 12.3 Å². The average molecular weight is 251 g/mol. The van der Waals surface area contributed by atoms with Crippen molar-refractivity contribution in [3.8, 4) is 0 Å². The van der Waals surface area contributed by atoms with Crippen LogP contribution in [0.1, 0.15) is 41.6 Å². The van der Waals surface area contributed by atoms with Crippen molar-refractivity contribution in [1.29, 1.82) is 0 Å². The van der Waals surface area contributed by atoms with Gasteiger partial charge in [0.05, 0.1) is 12.2 Å². The second-order valence-electron chi connectivity index (χ2n) is 4.89. The van der Waals surface area contributed by atoms with Crippen LogP contribution >= 0.6 is 0 Å². The van der Waals surface area contributed by atoms with E-state index in [4.69, 9.17) is 10.5 Å². The van der Waals surface area contributed by atoms with Crippen LogP contribution in [0.2, 0.25) is 0 Å². The van der Waals surface area contributed by atoms with Crippen LogP contribution in [0.3, 0.4) is 0 Å². The number of anilines is 1. The smallest absolute Gasteiger partial charge is 0.338 e. The van der Waals surface area contributed by atoms with Crippen LogP contribution in [0.5, 0.6) is 0 Å². The third kappa shape index (κ3) is 2.81. The van der Waals surface area contributed by atoms with Gasteiger partial charge >= 0.3 is 5.97 Å². The average Bonchev–Trinajstić information content (AvgIpc) is 2.28. The van der Waals surface area contributed by atoms with E-state index in [1.807, 2.05) is 0 Å². The first-order valence-electron chi connectivity index (χ1n) is 6.30. The van der Waals surface area contributed by atoms with E-state index < -0.39 is 11.8 Å². The molecule has 1 aliphatic rings. The first kappa shape index (κ1) is 12.9. The van der Waals surface area contributed by atoms with Crippen molar-refractivity contribution < 1.29 is 13.9 Å². The number of esters is 1. The van der Waals surface area contributed by atoms with Gasteiger partial charge in [-0.1, -0.05) is 19.3 Å². The lowest BCUT2D eigenvalue weighted by Crippen LogP contribution is -2.15. The molecular formula is C14H18FNO2. The molecule has 0 aromatic heterocycles. The molecule has 1 aromatic rings. The van der Waals surface area contributed by atoms with Gasteiger partial charge in [-0.25, -0.2) is 9.18 Å². The standard InChI is InChI=1S/C14H18FNO2/c1-9-12(15)7-11(8-13(9)16)14(17)18-6-5-10-3-2-4-10/h7-8,10H,2-6,16H2,1H3. The fourth-order valence-electron chi connectivity index (χ4n) is 2.00. The number of benzene rings is 1. The van der Waals surface area contributed by atoms with Crippen LogP contribution in [-0.2, 0) is 4.74 Å². The number of halogens is 1. The third-order valence-corrected chi connectivity index (χ3v) is 3.60. The molecule has 1 aromatic carbocycles. The van der Waals surface area contributed by atoms with E-state index in [9.17, 15) is 9.18 Å². The predicted molar refractivity (Wildman–Crippen MR) is 67.8 cm³/mol. The number of rotatable bonds is 4. The van der Waals surface area contributed by atoms with Crippen LogP contribution in [0.4, 0.5) is 10.1 Å². The van der Waals surface area contributed by atoms with E-state index in [1.54, 1.807) is 6.92 Å². The van der Waals surface area contributed by atoms with Gasteiger partial charge in [-0.05, 0) is 31.4 Å². The molecule has 1 fully saturated rings. The Morgan fingerprint density at radius 1 is 1.50 bits per heavy atom. The summed E-state index contributed by atoms with van der Waals surface area (Å²) < 4.78 is 18.5. The van der Waals surface area contributed by atoms with E-state index >= 15 is 0 Å². The summed E-state index contributed by atoms with van der Waals surface area (Å²) in [4.78, 5) is 11.7. The molecule has 0 amide bonds. The molecule has 1 saturated carbocycles. The highest BCUT2D eigenvalue weighted by molar-refractivity contribution is 5.90. The summed E-state index contributed by atoms with van der Waals surface area (Å²) in [5, 5.41) is 0. The van der Waals surface area contributed by atoms with Gasteiger partial charge < -0.3 is 10.5 Å². The van der Waals surface area contributed by atoms with Gasteiger partial charge in [0.25, 0.3) is 0 Å². The summed E-state index contributed by atoms with van der Waals surface area (Å²) in [6.45, 7) is 1.98. The number of carbonyl (C=O) groups is 1. The van der Waals surface area contributed by atoms with Crippen molar-refractivity contribution in [2.45, 2.75) is 32.6 Å². The topological polar surface area (TPSA) is 52.3 Å². The lowest BCUT2D eigenvalue weighted by atomic mass is 9.83. The Bertz CT molecular complexity index is 432. The Morgan fingerprint density at radius 2 is 2.22 bits per heavy atom. The molecule has 1 aliphatic carbocycles. The normalized spacial score (nSPS) is 15.2. The molecule has 0 bridgehead atoms. The van der Waals surface area contributed by atoms with E-state index in [1.165, 1.54) is 31.4 Å². The van der Waals surface area contributed by atoms with Crippen LogP contribution in [0, 0.1) is 18.7 Å². The predicted octanol–water partition coefficient (Wildman–Crippen LogP) is 3.06. The number of hydrogen-bond acceptors (Lipinski definition) is 3. The highest BCUT2D eigenvalue weighted by Gasteiger charge is 2.18.